The van der Waals surface area contributed by atoms with Gasteiger partial charge in [-0.2, -0.15) is 0 Å². The number of hydrogen-bond acceptors (Lipinski definition) is 2. The SMILES string of the molecule is c1ccc(CCN(Cc2ccccc2)C2(Cc3ccccc3)CCCCN2Cc2ccccc2)cc1. The van der Waals surface area contributed by atoms with Gasteiger partial charge >= 0.3 is 0 Å². The Hall–Kier alpha value is -3.20. The highest BCUT2D eigenvalue weighted by Crippen LogP contribution is 2.37. The molecule has 0 bridgehead atoms. The van der Waals surface area contributed by atoms with Crippen LogP contribution in [0.5, 0.6) is 0 Å². The summed E-state index contributed by atoms with van der Waals surface area (Å²) in [5, 5.41) is 0. The van der Waals surface area contributed by atoms with Gasteiger partial charge in [0.25, 0.3) is 0 Å². The molecule has 0 saturated carbocycles. The van der Waals surface area contributed by atoms with Crippen LogP contribution in [0.1, 0.15) is 41.5 Å². The van der Waals surface area contributed by atoms with Crippen molar-refractivity contribution in [1.82, 2.24) is 9.80 Å². The van der Waals surface area contributed by atoms with E-state index in [-0.39, 0.29) is 5.66 Å². The van der Waals surface area contributed by atoms with Crippen LogP contribution in [0.25, 0.3) is 0 Å². The molecule has 1 aliphatic rings. The lowest BCUT2D eigenvalue weighted by Crippen LogP contribution is -2.63. The van der Waals surface area contributed by atoms with E-state index in [0.717, 1.165) is 39.0 Å². The van der Waals surface area contributed by atoms with Gasteiger partial charge in [0.2, 0.25) is 0 Å². The van der Waals surface area contributed by atoms with Gasteiger partial charge in [0.05, 0.1) is 5.66 Å². The average Bonchev–Trinajstić information content (AvgIpc) is 2.94. The minimum atomic E-state index is -0.0277. The molecular weight excluding hydrogens is 436 g/mol. The predicted octanol–water partition coefficient (Wildman–Crippen LogP) is 7.36. The average molecular weight is 475 g/mol. The van der Waals surface area contributed by atoms with Crippen molar-refractivity contribution in [2.75, 3.05) is 13.1 Å². The zero-order valence-corrected chi connectivity index (χ0v) is 21.3. The summed E-state index contributed by atoms with van der Waals surface area (Å²) < 4.78 is 0. The highest BCUT2D eigenvalue weighted by Gasteiger charge is 2.43. The highest BCUT2D eigenvalue weighted by molar-refractivity contribution is 5.22. The number of piperidine rings is 1. The molecular formula is C34H38N2. The molecule has 0 aliphatic carbocycles. The quantitative estimate of drug-likeness (QED) is 0.237. The van der Waals surface area contributed by atoms with Crippen LogP contribution in [0, 0.1) is 0 Å². The fourth-order valence-electron chi connectivity index (χ4n) is 5.85. The van der Waals surface area contributed by atoms with Crippen LogP contribution in [-0.2, 0) is 25.9 Å². The van der Waals surface area contributed by atoms with Gasteiger partial charge in [-0.15, -0.1) is 0 Å². The first-order valence-corrected chi connectivity index (χ1v) is 13.5. The molecule has 1 atom stereocenters. The molecule has 0 radical (unpaired) electrons. The van der Waals surface area contributed by atoms with E-state index in [1.165, 1.54) is 41.5 Å². The molecule has 4 aromatic rings. The monoisotopic (exact) mass is 474 g/mol. The third-order valence-electron chi connectivity index (χ3n) is 7.71. The number of likely N-dealkylation sites (tertiary alicyclic amines) is 1. The molecule has 36 heavy (non-hydrogen) atoms. The van der Waals surface area contributed by atoms with Crippen LogP contribution in [-0.4, -0.2) is 28.6 Å². The fourth-order valence-corrected chi connectivity index (χ4v) is 5.85. The number of benzene rings is 4. The van der Waals surface area contributed by atoms with E-state index in [9.17, 15) is 0 Å². The maximum Gasteiger partial charge on any atom is 0.0784 e. The minimum Gasteiger partial charge on any atom is -0.281 e. The van der Waals surface area contributed by atoms with E-state index < -0.39 is 0 Å². The largest absolute Gasteiger partial charge is 0.281 e. The molecule has 1 unspecified atom stereocenters. The van der Waals surface area contributed by atoms with Gasteiger partial charge < -0.3 is 0 Å². The second-order valence-corrected chi connectivity index (χ2v) is 10.2. The van der Waals surface area contributed by atoms with Gasteiger partial charge in [-0.25, -0.2) is 0 Å². The second kappa shape index (κ2) is 12.2. The van der Waals surface area contributed by atoms with Crippen molar-refractivity contribution in [1.29, 1.82) is 0 Å². The molecule has 1 fully saturated rings. The summed E-state index contributed by atoms with van der Waals surface area (Å²) in [6.45, 7) is 4.13. The summed E-state index contributed by atoms with van der Waals surface area (Å²) in [5.41, 5.74) is 5.61. The third-order valence-corrected chi connectivity index (χ3v) is 7.71. The van der Waals surface area contributed by atoms with Crippen molar-refractivity contribution in [2.24, 2.45) is 0 Å². The Labute approximate surface area is 217 Å². The Balaban J connectivity index is 1.53. The number of rotatable bonds is 10. The molecule has 4 aromatic carbocycles. The Morgan fingerprint density at radius 3 is 1.72 bits per heavy atom. The summed E-state index contributed by atoms with van der Waals surface area (Å²) in [5.74, 6) is 0. The molecule has 184 valence electrons. The van der Waals surface area contributed by atoms with E-state index in [2.05, 4.69) is 131 Å². The lowest BCUT2D eigenvalue weighted by molar-refractivity contribution is -0.0952. The van der Waals surface area contributed by atoms with Crippen LogP contribution >= 0.6 is 0 Å². The van der Waals surface area contributed by atoms with Crippen molar-refractivity contribution < 1.29 is 0 Å². The molecule has 1 aliphatic heterocycles. The van der Waals surface area contributed by atoms with E-state index in [1.807, 2.05) is 0 Å². The Kier molecular flexibility index (Phi) is 8.28. The van der Waals surface area contributed by atoms with Gasteiger partial charge in [-0.1, -0.05) is 121 Å². The summed E-state index contributed by atoms with van der Waals surface area (Å²) in [6.07, 6.45) is 5.83. The molecule has 2 heteroatoms. The van der Waals surface area contributed by atoms with Gasteiger partial charge in [0.15, 0.2) is 0 Å². The zero-order chi connectivity index (χ0) is 24.5. The molecule has 0 amide bonds. The van der Waals surface area contributed by atoms with Gasteiger partial charge in [0.1, 0.15) is 0 Å². The van der Waals surface area contributed by atoms with E-state index in [1.54, 1.807) is 0 Å². The van der Waals surface area contributed by atoms with Crippen molar-refractivity contribution >= 4 is 0 Å². The van der Waals surface area contributed by atoms with Crippen LogP contribution in [0.2, 0.25) is 0 Å². The van der Waals surface area contributed by atoms with Crippen LogP contribution in [0.3, 0.4) is 0 Å². The van der Waals surface area contributed by atoms with Crippen molar-refractivity contribution in [2.45, 2.75) is 50.9 Å². The van der Waals surface area contributed by atoms with Crippen LogP contribution in [0.15, 0.2) is 121 Å². The number of hydrogen-bond donors (Lipinski definition) is 0. The third kappa shape index (κ3) is 6.13. The fraction of sp³-hybridized carbons (Fsp3) is 0.294. The molecule has 1 saturated heterocycles. The molecule has 0 aromatic heterocycles. The van der Waals surface area contributed by atoms with Gasteiger partial charge in [-0.3, -0.25) is 9.80 Å². The minimum absolute atomic E-state index is 0.0277. The summed E-state index contributed by atoms with van der Waals surface area (Å²) in [7, 11) is 0. The van der Waals surface area contributed by atoms with Crippen LogP contribution in [0.4, 0.5) is 0 Å². The molecule has 2 nitrogen and oxygen atoms in total. The molecule has 1 heterocycles. The molecule has 0 spiro atoms. The Morgan fingerprint density at radius 1 is 0.583 bits per heavy atom. The Morgan fingerprint density at radius 2 is 1.11 bits per heavy atom. The molecule has 0 N–H and O–H groups in total. The van der Waals surface area contributed by atoms with E-state index in [0.29, 0.717) is 0 Å². The highest BCUT2D eigenvalue weighted by atomic mass is 15.4. The van der Waals surface area contributed by atoms with E-state index in [4.69, 9.17) is 0 Å². The maximum atomic E-state index is 2.81. The summed E-state index contributed by atoms with van der Waals surface area (Å²) >= 11 is 0. The smallest absolute Gasteiger partial charge is 0.0784 e. The first-order chi connectivity index (χ1) is 17.8. The maximum absolute atomic E-state index is 2.81. The molecule has 5 rings (SSSR count). The van der Waals surface area contributed by atoms with E-state index >= 15 is 0 Å². The lowest BCUT2D eigenvalue weighted by atomic mass is 9.85. The van der Waals surface area contributed by atoms with Crippen molar-refractivity contribution in [3.8, 4) is 0 Å². The summed E-state index contributed by atoms with van der Waals surface area (Å²) in [6, 6.07) is 44.2. The van der Waals surface area contributed by atoms with Crippen LogP contribution < -0.4 is 0 Å². The van der Waals surface area contributed by atoms with Crippen molar-refractivity contribution in [3.05, 3.63) is 144 Å². The predicted molar refractivity (Wildman–Crippen MR) is 151 cm³/mol. The first-order valence-electron chi connectivity index (χ1n) is 13.5. The van der Waals surface area contributed by atoms with Gasteiger partial charge in [0, 0.05) is 32.6 Å². The number of nitrogens with zero attached hydrogens (tertiary/aromatic N) is 2. The standard InChI is InChI=1S/C34H38N2/c1-5-15-30(16-6-1)23-26-36(29-33-21-11-4-12-22-33)34(27-31-17-7-2-8-18-31)24-13-14-25-35(34)28-32-19-9-3-10-20-32/h1-12,15-22H,13-14,23-29H2. The Bertz CT molecular complexity index is 1160. The second-order valence-electron chi connectivity index (χ2n) is 10.2. The zero-order valence-electron chi connectivity index (χ0n) is 21.3. The first kappa shape index (κ1) is 24.5. The van der Waals surface area contributed by atoms with Gasteiger partial charge in [-0.05, 0) is 47.9 Å². The van der Waals surface area contributed by atoms with Crippen molar-refractivity contribution in [3.63, 3.8) is 0 Å². The summed E-state index contributed by atoms with van der Waals surface area (Å²) in [4.78, 5) is 5.61. The normalized spacial score (nSPS) is 18.4. The lowest BCUT2D eigenvalue weighted by Gasteiger charge is -2.54. The topological polar surface area (TPSA) is 6.48 Å².